The van der Waals surface area contributed by atoms with Crippen LogP contribution < -0.4 is 4.74 Å². The van der Waals surface area contributed by atoms with Gasteiger partial charge in [0.15, 0.2) is 0 Å². The third-order valence-corrected chi connectivity index (χ3v) is 4.19. The highest BCUT2D eigenvalue weighted by atomic mass is 32.2. The van der Waals surface area contributed by atoms with Gasteiger partial charge in [0.25, 0.3) is 5.22 Å². The Kier molecular flexibility index (Phi) is 12.8. The fourth-order valence-corrected chi connectivity index (χ4v) is 2.50. The number of aromatic nitrogens is 2. The molecule has 10 heteroatoms. The zero-order valence-corrected chi connectivity index (χ0v) is 17.9. The standard InChI is InChI=1S/C20H28N2O7S/c1-30-20-22-21-19(29-20)17-3-5-18(6-4-17)28-16-15-27-14-13-26-12-11-25-10-9-24-8-2-7-23/h3-7H,2,8-16H2,1H3. The van der Waals surface area contributed by atoms with E-state index in [2.05, 4.69) is 10.2 Å². The summed E-state index contributed by atoms with van der Waals surface area (Å²) in [6, 6.07) is 7.46. The summed E-state index contributed by atoms with van der Waals surface area (Å²) >= 11 is 1.41. The van der Waals surface area contributed by atoms with Gasteiger partial charge in [-0.25, -0.2) is 0 Å². The average molecular weight is 441 g/mol. The molecule has 0 aliphatic carbocycles. The molecule has 2 rings (SSSR count). The van der Waals surface area contributed by atoms with Crippen LogP contribution in [0.2, 0.25) is 0 Å². The zero-order chi connectivity index (χ0) is 21.3. The first-order valence-electron chi connectivity index (χ1n) is 9.69. The van der Waals surface area contributed by atoms with Gasteiger partial charge in [-0.3, -0.25) is 0 Å². The van der Waals surface area contributed by atoms with Gasteiger partial charge < -0.3 is 32.9 Å². The second-order valence-corrected chi connectivity index (χ2v) is 6.61. The highest BCUT2D eigenvalue weighted by Gasteiger charge is 2.07. The van der Waals surface area contributed by atoms with E-state index in [-0.39, 0.29) is 0 Å². The predicted molar refractivity (Wildman–Crippen MR) is 111 cm³/mol. The first-order valence-corrected chi connectivity index (χ1v) is 10.9. The number of hydrogen-bond acceptors (Lipinski definition) is 10. The van der Waals surface area contributed by atoms with Crippen molar-refractivity contribution in [1.29, 1.82) is 0 Å². The van der Waals surface area contributed by atoms with Crippen molar-refractivity contribution in [3.05, 3.63) is 24.3 Å². The Morgan fingerprint density at radius 3 is 1.93 bits per heavy atom. The third kappa shape index (κ3) is 10.2. The number of aldehydes is 1. The first kappa shape index (κ1) is 24.3. The smallest absolute Gasteiger partial charge is 0.276 e. The maximum Gasteiger partial charge on any atom is 0.276 e. The van der Waals surface area contributed by atoms with Gasteiger partial charge >= 0.3 is 0 Å². The number of benzene rings is 1. The Balaban J connectivity index is 1.41. The molecule has 0 aliphatic heterocycles. The summed E-state index contributed by atoms with van der Waals surface area (Å²) in [5, 5.41) is 8.46. The molecule has 0 spiro atoms. The van der Waals surface area contributed by atoms with E-state index in [1.165, 1.54) is 11.8 Å². The fraction of sp³-hybridized carbons (Fsp3) is 0.550. The first-order chi connectivity index (χ1) is 14.8. The Labute approximate surface area is 180 Å². The molecule has 1 aromatic carbocycles. The quantitative estimate of drug-likeness (QED) is 0.195. The largest absolute Gasteiger partial charge is 0.491 e. The highest BCUT2D eigenvalue weighted by molar-refractivity contribution is 7.98. The molecular formula is C20H28N2O7S. The Bertz CT molecular complexity index is 697. The topological polar surface area (TPSA) is 102 Å². The second-order valence-electron chi connectivity index (χ2n) is 5.85. The van der Waals surface area contributed by atoms with E-state index in [4.69, 9.17) is 28.1 Å². The van der Waals surface area contributed by atoms with E-state index in [1.54, 1.807) is 0 Å². The Morgan fingerprint density at radius 1 is 0.833 bits per heavy atom. The zero-order valence-electron chi connectivity index (χ0n) is 17.1. The van der Waals surface area contributed by atoms with Gasteiger partial charge in [-0.05, 0) is 30.5 Å². The lowest BCUT2D eigenvalue weighted by atomic mass is 10.2. The van der Waals surface area contributed by atoms with Crippen LogP contribution in [0, 0.1) is 0 Å². The van der Waals surface area contributed by atoms with Crippen LogP contribution in [0.4, 0.5) is 0 Å². The lowest BCUT2D eigenvalue weighted by molar-refractivity contribution is -0.108. The number of ether oxygens (including phenoxy) is 5. The van der Waals surface area contributed by atoms with Gasteiger partial charge in [0.05, 0.1) is 52.9 Å². The molecule has 0 bridgehead atoms. The van der Waals surface area contributed by atoms with E-state index in [1.807, 2.05) is 30.5 Å². The number of hydrogen-bond donors (Lipinski definition) is 0. The molecule has 0 atom stereocenters. The van der Waals surface area contributed by atoms with Crippen LogP contribution in [0.5, 0.6) is 5.75 Å². The van der Waals surface area contributed by atoms with Crippen molar-refractivity contribution in [2.75, 3.05) is 65.7 Å². The molecule has 0 saturated carbocycles. The molecule has 1 heterocycles. The molecule has 0 saturated heterocycles. The number of thioether (sulfide) groups is 1. The Hall–Kier alpha value is -1.98. The van der Waals surface area contributed by atoms with Crippen LogP contribution in [0.25, 0.3) is 11.5 Å². The van der Waals surface area contributed by atoms with Crippen LogP contribution in [0.1, 0.15) is 6.42 Å². The van der Waals surface area contributed by atoms with Crippen molar-refractivity contribution in [2.24, 2.45) is 0 Å². The summed E-state index contributed by atoms with van der Waals surface area (Å²) in [7, 11) is 0. The van der Waals surface area contributed by atoms with Crippen LogP contribution in [-0.4, -0.2) is 82.2 Å². The summed E-state index contributed by atoms with van der Waals surface area (Å²) in [4.78, 5) is 10.1. The average Bonchev–Trinajstić information content (AvgIpc) is 3.26. The van der Waals surface area contributed by atoms with Crippen LogP contribution in [0.15, 0.2) is 33.9 Å². The molecule has 9 nitrogen and oxygen atoms in total. The van der Waals surface area contributed by atoms with E-state index in [0.29, 0.717) is 77.0 Å². The van der Waals surface area contributed by atoms with Crippen molar-refractivity contribution in [3.8, 4) is 17.2 Å². The van der Waals surface area contributed by atoms with Crippen molar-refractivity contribution in [1.82, 2.24) is 10.2 Å². The minimum atomic E-state index is 0.418. The number of carbonyl (C=O) groups excluding carboxylic acids is 1. The lowest BCUT2D eigenvalue weighted by Crippen LogP contribution is -2.13. The predicted octanol–water partition coefficient (Wildman–Crippen LogP) is 2.49. The molecule has 1 aromatic heterocycles. The third-order valence-electron chi connectivity index (χ3n) is 3.67. The van der Waals surface area contributed by atoms with Crippen LogP contribution in [0.3, 0.4) is 0 Å². The second kappa shape index (κ2) is 15.8. The molecule has 30 heavy (non-hydrogen) atoms. The molecule has 0 radical (unpaired) electrons. The summed E-state index contributed by atoms with van der Waals surface area (Å²) in [6.07, 6.45) is 3.14. The normalized spacial score (nSPS) is 11.0. The van der Waals surface area contributed by atoms with E-state index in [9.17, 15) is 4.79 Å². The van der Waals surface area contributed by atoms with Gasteiger partial charge in [-0.1, -0.05) is 11.8 Å². The molecule has 166 valence electrons. The summed E-state index contributed by atoms with van der Waals surface area (Å²) in [6.45, 7) is 4.32. The summed E-state index contributed by atoms with van der Waals surface area (Å²) in [5.41, 5.74) is 0.845. The lowest BCUT2D eigenvalue weighted by Gasteiger charge is -2.08. The van der Waals surface area contributed by atoms with Crippen LogP contribution >= 0.6 is 11.8 Å². The maximum atomic E-state index is 10.1. The van der Waals surface area contributed by atoms with Crippen molar-refractivity contribution in [3.63, 3.8) is 0 Å². The molecule has 0 aliphatic rings. The molecule has 0 amide bonds. The van der Waals surface area contributed by atoms with Crippen molar-refractivity contribution in [2.45, 2.75) is 11.6 Å². The van der Waals surface area contributed by atoms with Crippen LogP contribution in [-0.2, 0) is 23.7 Å². The van der Waals surface area contributed by atoms with E-state index in [0.717, 1.165) is 17.6 Å². The van der Waals surface area contributed by atoms with Gasteiger partial charge in [-0.15, -0.1) is 10.2 Å². The fourth-order valence-electron chi connectivity index (χ4n) is 2.21. The molecular weight excluding hydrogens is 412 g/mol. The number of rotatable bonds is 18. The van der Waals surface area contributed by atoms with E-state index >= 15 is 0 Å². The van der Waals surface area contributed by atoms with Gasteiger partial charge in [0.2, 0.25) is 5.89 Å². The molecule has 0 N–H and O–H groups in total. The monoisotopic (exact) mass is 440 g/mol. The minimum Gasteiger partial charge on any atom is -0.491 e. The SMILES string of the molecule is CSc1nnc(-c2ccc(OCCOCCOCCOCCOCCC=O)cc2)o1. The van der Waals surface area contributed by atoms with Crippen molar-refractivity contribution >= 4 is 18.0 Å². The molecule has 2 aromatic rings. The highest BCUT2D eigenvalue weighted by Crippen LogP contribution is 2.23. The van der Waals surface area contributed by atoms with Gasteiger partial charge in [0, 0.05) is 12.0 Å². The number of nitrogens with zero attached hydrogens (tertiary/aromatic N) is 2. The summed E-state index contributed by atoms with van der Waals surface area (Å²) in [5.74, 6) is 1.23. The maximum absolute atomic E-state index is 10.1. The van der Waals surface area contributed by atoms with Crippen molar-refractivity contribution < 1.29 is 32.9 Å². The molecule has 0 unspecified atom stereocenters. The minimum absolute atomic E-state index is 0.418. The number of carbonyl (C=O) groups is 1. The van der Waals surface area contributed by atoms with Gasteiger partial charge in [-0.2, -0.15) is 0 Å². The van der Waals surface area contributed by atoms with Gasteiger partial charge in [0.1, 0.15) is 18.6 Å². The summed E-state index contributed by atoms with van der Waals surface area (Å²) < 4.78 is 32.5. The molecule has 0 fully saturated rings. The Morgan fingerprint density at radius 2 is 1.40 bits per heavy atom. The van der Waals surface area contributed by atoms with E-state index < -0.39 is 0 Å².